The molecule has 5 aromatic carbocycles. The summed E-state index contributed by atoms with van der Waals surface area (Å²) in [4.78, 5) is 4.57. The van der Waals surface area contributed by atoms with Crippen LogP contribution in [0.25, 0.3) is 38.2 Å². The summed E-state index contributed by atoms with van der Waals surface area (Å²) in [5.74, 6) is 0. The Labute approximate surface area is 268 Å². The maximum Gasteiger partial charge on any atom is 0.114 e. The Bertz CT molecular complexity index is 2160. The van der Waals surface area contributed by atoms with Crippen molar-refractivity contribution in [3.8, 4) is 11.1 Å². The molecule has 0 unspecified atom stereocenters. The fourth-order valence-electron chi connectivity index (χ4n) is 7.83. The summed E-state index contributed by atoms with van der Waals surface area (Å²) >= 11 is 0. The molecule has 0 radical (unpaired) electrons. The molecule has 0 atom stereocenters. The number of aliphatic imine (C=N–C) groups is 1. The number of aryl methyl sites for hydroxylation is 3. The van der Waals surface area contributed by atoms with Gasteiger partial charge in [-0.25, -0.2) is 0 Å². The quantitative estimate of drug-likeness (QED) is 0.157. The van der Waals surface area contributed by atoms with Gasteiger partial charge in [0.25, 0.3) is 0 Å². The highest BCUT2D eigenvalue weighted by molar-refractivity contribution is 6.98. The third-order valence-electron chi connectivity index (χ3n) is 10.1. The number of fused-ring (bicyclic) bond motifs is 4. The summed E-state index contributed by atoms with van der Waals surface area (Å²) in [6.07, 6.45) is 8.87. The zero-order valence-electron chi connectivity index (χ0n) is 27.6. The summed E-state index contributed by atoms with van der Waals surface area (Å²) in [7, 11) is 1.92. The van der Waals surface area contributed by atoms with Crippen molar-refractivity contribution >= 4 is 51.8 Å². The van der Waals surface area contributed by atoms with Gasteiger partial charge in [-0.1, -0.05) is 87.6 Å². The van der Waals surface area contributed by atoms with Crippen molar-refractivity contribution in [2.24, 2.45) is 4.99 Å². The molecule has 5 aromatic rings. The predicted molar refractivity (Wildman–Crippen MR) is 200 cm³/mol. The monoisotopic (exact) mass is 602 g/mol. The molecule has 224 valence electrons. The maximum absolute atomic E-state index is 4.57. The Morgan fingerprint density at radius 1 is 0.711 bits per heavy atom. The summed E-state index contributed by atoms with van der Waals surface area (Å²) in [6, 6.07) is 30.2. The van der Waals surface area contributed by atoms with Crippen molar-refractivity contribution in [1.82, 2.24) is 0 Å². The lowest BCUT2D eigenvalue weighted by molar-refractivity contribution is 1.15. The van der Waals surface area contributed by atoms with Gasteiger partial charge in [-0.2, -0.15) is 0 Å². The fourth-order valence-corrected chi connectivity index (χ4v) is 10.9. The van der Waals surface area contributed by atoms with E-state index in [4.69, 9.17) is 0 Å². The van der Waals surface area contributed by atoms with Crippen LogP contribution < -0.4 is 10.5 Å². The van der Waals surface area contributed by atoms with Gasteiger partial charge in [0, 0.05) is 19.8 Å². The number of allylic oxidation sites excluding steroid dienone is 5. The van der Waals surface area contributed by atoms with E-state index in [9.17, 15) is 0 Å². The number of benzene rings is 5. The van der Waals surface area contributed by atoms with Gasteiger partial charge in [0.15, 0.2) is 0 Å². The van der Waals surface area contributed by atoms with Crippen LogP contribution in [0.4, 0.5) is 5.69 Å². The van der Waals surface area contributed by atoms with Crippen molar-refractivity contribution < 1.29 is 0 Å². The SMILES string of the molecule is CCc1c2ccccc2c(CC)c2cc(-c3cc(C)cc(C4=C5C=CC(=NC)C=C5[Si](C)(C)c5cc(NC)ccc54)c3)ccc12. The first-order valence-corrected chi connectivity index (χ1v) is 19.3. The molecule has 0 spiro atoms. The molecule has 3 heteroatoms. The second-order valence-corrected chi connectivity index (χ2v) is 17.3. The van der Waals surface area contributed by atoms with Crippen molar-refractivity contribution in [3.05, 3.63) is 136 Å². The number of nitrogens with one attached hydrogen (secondary N) is 1. The van der Waals surface area contributed by atoms with Gasteiger partial charge in [-0.05, 0) is 138 Å². The molecule has 1 aliphatic heterocycles. The van der Waals surface area contributed by atoms with Crippen molar-refractivity contribution in [2.45, 2.75) is 46.7 Å². The topological polar surface area (TPSA) is 24.4 Å². The molecule has 0 saturated carbocycles. The highest BCUT2D eigenvalue weighted by atomic mass is 28.3. The molecule has 2 nitrogen and oxygen atoms in total. The van der Waals surface area contributed by atoms with E-state index in [1.807, 2.05) is 14.1 Å². The first-order chi connectivity index (χ1) is 21.8. The second-order valence-electron chi connectivity index (χ2n) is 13.0. The molecule has 0 amide bonds. The number of nitrogens with zero attached hydrogens (tertiary/aromatic N) is 1. The third kappa shape index (κ3) is 4.64. The Kier molecular flexibility index (Phi) is 7.25. The van der Waals surface area contributed by atoms with Gasteiger partial charge in [0.2, 0.25) is 0 Å². The Morgan fingerprint density at radius 3 is 2.09 bits per heavy atom. The van der Waals surface area contributed by atoms with Gasteiger partial charge in [-0.3, -0.25) is 4.99 Å². The Hall–Kier alpha value is -4.47. The third-order valence-corrected chi connectivity index (χ3v) is 13.6. The molecule has 7 rings (SSSR count). The lowest BCUT2D eigenvalue weighted by Crippen LogP contribution is -2.49. The largest absolute Gasteiger partial charge is 0.388 e. The zero-order chi connectivity index (χ0) is 31.5. The number of hydrogen-bond acceptors (Lipinski definition) is 2. The second kappa shape index (κ2) is 11.2. The van der Waals surface area contributed by atoms with E-state index in [1.54, 1.807) is 0 Å². The fraction of sp³-hybridized carbons (Fsp3) is 0.214. The standard InChI is InChI=1S/C42H42N2Si/c1-8-32-34-12-10-11-13-35(34)33(9-2)39-23-27(14-17-36(32)39)28-20-26(3)21-29(22-28)42-37-18-15-30(43-4)24-40(37)45(6,7)41-25-31(44-5)16-19-38(41)42/h10-25,43H,8-9H2,1-7H3. The van der Waals surface area contributed by atoms with Crippen molar-refractivity contribution in [3.63, 3.8) is 0 Å². The average Bonchev–Trinajstić information content (AvgIpc) is 3.06. The van der Waals surface area contributed by atoms with E-state index < -0.39 is 8.07 Å². The Balaban J connectivity index is 1.47. The molecule has 2 aliphatic rings. The van der Waals surface area contributed by atoms with Gasteiger partial charge in [-0.15, -0.1) is 0 Å². The molecule has 45 heavy (non-hydrogen) atoms. The molecule has 0 saturated heterocycles. The van der Waals surface area contributed by atoms with Gasteiger partial charge in [0.1, 0.15) is 8.07 Å². The zero-order valence-corrected chi connectivity index (χ0v) is 28.6. The molecular weight excluding hydrogens is 561 g/mol. The molecule has 1 heterocycles. The minimum Gasteiger partial charge on any atom is -0.388 e. The normalized spacial score (nSPS) is 16.2. The summed E-state index contributed by atoms with van der Waals surface area (Å²) < 4.78 is 0. The highest BCUT2D eigenvalue weighted by Gasteiger charge is 2.39. The number of hydrogen-bond donors (Lipinski definition) is 1. The molecule has 0 bridgehead atoms. The minimum atomic E-state index is -1.99. The summed E-state index contributed by atoms with van der Waals surface area (Å²) in [5.41, 5.74) is 14.3. The minimum absolute atomic E-state index is 1.01. The number of anilines is 1. The van der Waals surface area contributed by atoms with Crippen LogP contribution in [0.5, 0.6) is 0 Å². The summed E-state index contributed by atoms with van der Waals surface area (Å²) in [6.45, 7) is 11.8. The first kappa shape index (κ1) is 29.2. The van der Waals surface area contributed by atoms with E-state index in [0.717, 1.165) is 18.6 Å². The van der Waals surface area contributed by atoms with Crippen LogP contribution in [0, 0.1) is 6.92 Å². The lowest BCUT2D eigenvalue weighted by Gasteiger charge is -2.38. The summed E-state index contributed by atoms with van der Waals surface area (Å²) in [5, 5.41) is 11.9. The Morgan fingerprint density at radius 2 is 1.40 bits per heavy atom. The highest BCUT2D eigenvalue weighted by Crippen LogP contribution is 2.43. The molecule has 0 fully saturated rings. The van der Waals surface area contributed by atoms with E-state index in [1.165, 1.54) is 87.7 Å². The van der Waals surface area contributed by atoms with Crippen LogP contribution in [0.3, 0.4) is 0 Å². The van der Waals surface area contributed by atoms with Crippen LogP contribution in [0.1, 0.15) is 41.7 Å². The van der Waals surface area contributed by atoms with Gasteiger partial charge < -0.3 is 5.32 Å². The smallest absolute Gasteiger partial charge is 0.114 e. The van der Waals surface area contributed by atoms with E-state index in [0.29, 0.717) is 0 Å². The van der Waals surface area contributed by atoms with Crippen molar-refractivity contribution in [1.29, 1.82) is 0 Å². The van der Waals surface area contributed by atoms with Gasteiger partial charge >= 0.3 is 0 Å². The van der Waals surface area contributed by atoms with E-state index in [2.05, 4.69) is 141 Å². The predicted octanol–water partition coefficient (Wildman–Crippen LogP) is 9.97. The lowest BCUT2D eigenvalue weighted by atomic mass is 9.86. The first-order valence-electron chi connectivity index (χ1n) is 16.3. The molecule has 0 aromatic heterocycles. The molecular formula is C42H42N2Si. The van der Waals surface area contributed by atoms with Gasteiger partial charge in [0.05, 0.1) is 5.71 Å². The van der Waals surface area contributed by atoms with E-state index >= 15 is 0 Å². The average molecular weight is 603 g/mol. The molecule has 1 aliphatic carbocycles. The van der Waals surface area contributed by atoms with Crippen LogP contribution in [0.15, 0.2) is 113 Å². The van der Waals surface area contributed by atoms with Crippen LogP contribution in [-0.4, -0.2) is 27.9 Å². The maximum atomic E-state index is 4.57. The molecule has 1 N–H and O–H groups in total. The van der Waals surface area contributed by atoms with Crippen LogP contribution in [0.2, 0.25) is 13.1 Å². The van der Waals surface area contributed by atoms with E-state index in [-0.39, 0.29) is 0 Å². The van der Waals surface area contributed by atoms with Crippen LogP contribution >= 0.6 is 0 Å². The van der Waals surface area contributed by atoms with Crippen LogP contribution in [-0.2, 0) is 12.8 Å². The van der Waals surface area contributed by atoms with Crippen molar-refractivity contribution in [2.75, 3.05) is 19.4 Å². The number of rotatable bonds is 5.